The van der Waals surface area contributed by atoms with Crippen molar-refractivity contribution in [3.63, 3.8) is 0 Å². The minimum absolute atomic E-state index is 0.135. The number of methoxy groups -OCH3 is 1. The summed E-state index contributed by atoms with van der Waals surface area (Å²) in [5.74, 6) is 0. The predicted molar refractivity (Wildman–Crippen MR) is 82.5 cm³/mol. The van der Waals surface area contributed by atoms with E-state index in [9.17, 15) is 0 Å². The van der Waals surface area contributed by atoms with E-state index in [2.05, 4.69) is 58.9 Å². The third-order valence-electron chi connectivity index (χ3n) is 3.62. The van der Waals surface area contributed by atoms with E-state index in [0.29, 0.717) is 0 Å². The van der Waals surface area contributed by atoms with Crippen LogP contribution in [0.1, 0.15) is 52.2 Å². The molecule has 1 rings (SSSR count). The molecule has 1 aromatic carbocycles. The lowest BCUT2D eigenvalue weighted by atomic mass is 9.86. The van der Waals surface area contributed by atoms with E-state index in [-0.39, 0.29) is 17.1 Å². The molecule has 0 saturated heterocycles. The molecule has 2 nitrogen and oxygen atoms in total. The van der Waals surface area contributed by atoms with Crippen molar-refractivity contribution in [2.24, 2.45) is 5.73 Å². The maximum atomic E-state index is 6.21. The van der Waals surface area contributed by atoms with E-state index in [0.717, 1.165) is 12.8 Å². The normalized spacial score (nSPS) is 14.5. The fraction of sp³-hybridized carbons (Fsp3) is 0.647. The second-order valence-corrected chi connectivity index (χ2v) is 7.08. The molecule has 0 radical (unpaired) electrons. The Bertz CT molecular complexity index is 387. The number of rotatable bonds is 5. The van der Waals surface area contributed by atoms with Crippen LogP contribution in [0.4, 0.5) is 0 Å². The van der Waals surface area contributed by atoms with Crippen LogP contribution in [-0.2, 0) is 16.6 Å². The fourth-order valence-corrected chi connectivity index (χ4v) is 2.23. The van der Waals surface area contributed by atoms with Gasteiger partial charge >= 0.3 is 0 Å². The SMILES string of the molecule is COC(C)(C)CC(N)Cc1ccc(C(C)(C)C)cc1. The van der Waals surface area contributed by atoms with Gasteiger partial charge in [-0.15, -0.1) is 0 Å². The lowest BCUT2D eigenvalue weighted by Gasteiger charge is -2.26. The second-order valence-electron chi connectivity index (χ2n) is 7.08. The van der Waals surface area contributed by atoms with E-state index in [1.54, 1.807) is 7.11 Å². The summed E-state index contributed by atoms with van der Waals surface area (Å²) in [6, 6.07) is 8.95. The standard InChI is InChI=1S/C17H29NO/c1-16(2,3)14-9-7-13(8-10-14)11-15(18)12-17(4,5)19-6/h7-10,15H,11-12,18H2,1-6H3. The van der Waals surface area contributed by atoms with Crippen molar-refractivity contribution in [1.82, 2.24) is 0 Å². The molecule has 0 saturated carbocycles. The molecule has 1 atom stereocenters. The zero-order valence-corrected chi connectivity index (χ0v) is 13.3. The first-order valence-corrected chi connectivity index (χ1v) is 7.04. The maximum Gasteiger partial charge on any atom is 0.0637 e. The van der Waals surface area contributed by atoms with Gasteiger partial charge in [0, 0.05) is 13.2 Å². The van der Waals surface area contributed by atoms with Crippen LogP contribution in [0.25, 0.3) is 0 Å². The monoisotopic (exact) mass is 263 g/mol. The van der Waals surface area contributed by atoms with Crippen LogP contribution in [-0.4, -0.2) is 18.8 Å². The third kappa shape index (κ3) is 5.33. The van der Waals surface area contributed by atoms with Crippen molar-refractivity contribution in [3.8, 4) is 0 Å². The Morgan fingerprint density at radius 1 is 1.05 bits per heavy atom. The highest BCUT2D eigenvalue weighted by Crippen LogP contribution is 2.23. The van der Waals surface area contributed by atoms with Gasteiger partial charge in [0.2, 0.25) is 0 Å². The van der Waals surface area contributed by atoms with Crippen LogP contribution < -0.4 is 5.73 Å². The van der Waals surface area contributed by atoms with Gasteiger partial charge in [0.25, 0.3) is 0 Å². The quantitative estimate of drug-likeness (QED) is 0.879. The van der Waals surface area contributed by atoms with E-state index < -0.39 is 0 Å². The van der Waals surface area contributed by atoms with Crippen molar-refractivity contribution in [2.75, 3.05) is 7.11 Å². The zero-order chi connectivity index (χ0) is 14.7. The van der Waals surface area contributed by atoms with Crippen molar-refractivity contribution >= 4 is 0 Å². The van der Waals surface area contributed by atoms with E-state index >= 15 is 0 Å². The summed E-state index contributed by atoms with van der Waals surface area (Å²) in [4.78, 5) is 0. The Labute approximate surface area is 118 Å². The number of benzene rings is 1. The average molecular weight is 263 g/mol. The molecule has 0 aliphatic carbocycles. The topological polar surface area (TPSA) is 35.2 Å². The number of nitrogens with two attached hydrogens (primary N) is 1. The Hall–Kier alpha value is -0.860. The molecule has 0 aromatic heterocycles. The van der Waals surface area contributed by atoms with Crippen LogP contribution in [0, 0.1) is 0 Å². The van der Waals surface area contributed by atoms with E-state index in [1.807, 2.05) is 0 Å². The first-order valence-electron chi connectivity index (χ1n) is 7.04. The summed E-state index contributed by atoms with van der Waals surface area (Å²) in [6.45, 7) is 10.9. The smallest absolute Gasteiger partial charge is 0.0637 e. The third-order valence-corrected chi connectivity index (χ3v) is 3.62. The van der Waals surface area contributed by atoms with Crippen LogP contribution in [0.15, 0.2) is 24.3 Å². The molecular formula is C17H29NO. The molecule has 0 aliphatic rings. The van der Waals surface area contributed by atoms with Crippen molar-refractivity contribution < 1.29 is 4.74 Å². The van der Waals surface area contributed by atoms with Crippen molar-refractivity contribution in [1.29, 1.82) is 0 Å². The highest BCUT2D eigenvalue weighted by molar-refractivity contribution is 5.28. The lowest BCUT2D eigenvalue weighted by Crippen LogP contribution is -2.35. The number of hydrogen-bond acceptors (Lipinski definition) is 2. The Balaban J connectivity index is 2.63. The number of ether oxygens (including phenoxy) is 1. The molecule has 0 heterocycles. The summed E-state index contributed by atoms with van der Waals surface area (Å²) in [7, 11) is 1.74. The van der Waals surface area contributed by atoms with Gasteiger partial charge in [0.15, 0.2) is 0 Å². The van der Waals surface area contributed by atoms with Gasteiger partial charge < -0.3 is 10.5 Å². The van der Waals surface area contributed by atoms with Gasteiger partial charge in [-0.3, -0.25) is 0 Å². The minimum atomic E-state index is -0.148. The average Bonchev–Trinajstić information content (AvgIpc) is 2.27. The fourth-order valence-electron chi connectivity index (χ4n) is 2.23. The molecule has 0 aliphatic heterocycles. The molecule has 0 spiro atoms. The summed E-state index contributed by atoms with van der Waals surface area (Å²) in [5.41, 5.74) is 8.93. The Morgan fingerprint density at radius 2 is 1.58 bits per heavy atom. The lowest BCUT2D eigenvalue weighted by molar-refractivity contribution is 0.0102. The molecule has 1 unspecified atom stereocenters. The Morgan fingerprint density at radius 3 is 2.00 bits per heavy atom. The first-order chi connectivity index (χ1) is 8.64. The van der Waals surface area contributed by atoms with Gasteiger partial charge in [0.05, 0.1) is 5.60 Å². The molecule has 2 N–H and O–H groups in total. The Kier molecular flexibility index (Phi) is 5.17. The van der Waals surface area contributed by atoms with Crippen LogP contribution in [0.5, 0.6) is 0 Å². The van der Waals surface area contributed by atoms with E-state index in [4.69, 9.17) is 10.5 Å². The molecule has 2 heteroatoms. The van der Waals surface area contributed by atoms with Crippen molar-refractivity contribution in [2.45, 2.75) is 64.5 Å². The summed E-state index contributed by atoms with van der Waals surface area (Å²) >= 11 is 0. The van der Waals surface area contributed by atoms with Gasteiger partial charge in [-0.1, -0.05) is 45.0 Å². The highest BCUT2D eigenvalue weighted by Gasteiger charge is 2.20. The summed E-state index contributed by atoms with van der Waals surface area (Å²) in [5, 5.41) is 0. The highest BCUT2D eigenvalue weighted by atomic mass is 16.5. The van der Waals surface area contributed by atoms with Crippen molar-refractivity contribution in [3.05, 3.63) is 35.4 Å². The summed E-state index contributed by atoms with van der Waals surface area (Å²) < 4.78 is 5.43. The van der Waals surface area contributed by atoms with Gasteiger partial charge in [-0.05, 0) is 43.2 Å². The van der Waals surface area contributed by atoms with Gasteiger partial charge in [-0.2, -0.15) is 0 Å². The molecule has 0 fully saturated rings. The van der Waals surface area contributed by atoms with Gasteiger partial charge in [0.1, 0.15) is 0 Å². The molecule has 0 amide bonds. The van der Waals surface area contributed by atoms with E-state index in [1.165, 1.54) is 11.1 Å². The molecular weight excluding hydrogens is 234 g/mol. The maximum absolute atomic E-state index is 6.21. The largest absolute Gasteiger partial charge is 0.379 e. The first kappa shape index (κ1) is 16.2. The molecule has 108 valence electrons. The second kappa shape index (κ2) is 6.06. The van der Waals surface area contributed by atoms with Crippen LogP contribution in [0.2, 0.25) is 0 Å². The number of hydrogen-bond donors (Lipinski definition) is 1. The zero-order valence-electron chi connectivity index (χ0n) is 13.3. The van der Waals surface area contributed by atoms with Crippen LogP contribution in [0.3, 0.4) is 0 Å². The molecule has 1 aromatic rings. The van der Waals surface area contributed by atoms with Crippen LogP contribution >= 0.6 is 0 Å². The minimum Gasteiger partial charge on any atom is -0.379 e. The molecule has 0 bridgehead atoms. The summed E-state index contributed by atoms with van der Waals surface area (Å²) in [6.07, 6.45) is 1.77. The molecule has 19 heavy (non-hydrogen) atoms. The predicted octanol–water partition coefficient (Wildman–Crippen LogP) is 3.67. The van der Waals surface area contributed by atoms with Gasteiger partial charge in [-0.25, -0.2) is 0 Å².